The summed E-state index contributed by atoms with van der Waals surface area (Å²) < 4.78 is 5.42. The summed E-state index contributed by atoms with van der Waals surface area (Å²) in [7, 11) is 0. The van der Waals surface area contributed by atoms with E-state index >= 15 is 0 Å². The number of aliphatic hydroxyl groups is 1. The number of nitrogens with two attached hydrogens (primary N) is 1. The summed E-state index contributed by atoms with van der Waals surface area (Å²) in [4.78, 5) is 11.1. The lowest BCUT2D eigenvalue weighted by molar-refractivity contribution is -0.125. The van der Waals surface area contributed by atoms with Gasteiger partial charge in [0.1, 0.15) is 18.5 Å². The van der Waals surface area contributed by atoms with Gasteiger partial charge in [0.25, 0.3) is 0 Å². The summed E-state index contributed by atoms with van der Waals surface area (Å²) in [6.45, 7) is 4.31. The molecule has 1 aromatic carbocycles. The molecule has 0 aromatic heterocycles. The predicted molar refractivity (Wildman–Crippen MR) is 78.8 cm³/mol. The highest BCUT2D eigenvalue weighted by atomic mass is 35.5. The van der Waals surface area contributed by atoms with Crippen molar-refractivity contribution in [1.29, 1.82) is 0 Å². The zero-order chi connectivity index (χ0) is 15.2. The average molecular weight is 301 g/mol. The number of carbonyl (C=O) groups excluding carboxylic acids is 1. The number of halogens is 1. The third kappa shape index (κ3) is 5.36. The van der Waals surface area contributed by atoms with Gasteiger partial charge >= 0.3 is 0 Å². The lowest BCUT2D eigenvalue weighted by Gasteiger charge is -2.22. The highest BCUT2D eigenvalue weighted by molar-refractivity contribution is 6.32. The van der Waals surface area contributed by atoms with E-state index in [-0.39, 0.29) is 12.5 Å². The Kier molecular flexibility index (Phi) is 6.26. The second-order valence-corrected chi connectivity index (χ2v) is 5.68. The monoisotopic (exact) mass is 300 g/mol. The predicted octanol–water partition coefficient (Wildman–Crippen LogP) is 1.18. The average Bonchev–Trinajstić information content (AvgIpc) is 2.37. The van der Waals surface area contributed by atoms with Crippen LogP contribution in [0.25, 0.3) is 0 Å². The van der Waals surface area contributed by atoms with Gasteiger partial charge in [-0.05, 0) is 26.0 Å². The molecule has 0 aliphatic carbocycles. The number of primary amides is 1. The van der Waals surface area contributed by atoms with Crippen molar-refractivity contribution in [2.75, 3.05) is 19.7 Å². The minimum atomic E-state index is -0.699. The molecule has 0 bridgehead atoms. The van der Waals surface area contributed by atoms with E-state index in [0.717, 1.165) is 0 Å². The minimum absolute atomic E-state index is 0.119. The SMILES string of the molecule is CC(C)(CNCC(O)COc1ccccc1Cl)C(N)=O. The quantitative estimate of drug-likeness (QED) is 0.673. The first-order chi connectivity index (χ1) is 9.33. The van der Waals surface area contributed by atoms with E-state index in [4.69, 9.17) is 22.1 Å². The molecular formula is C14H21ClN2O3. The molecule has 112 valence electrons. The molecule has 1 rings (SSSR count). The number of benzene rings is 1. The van der Waals surface area contributed by atoms with E-state index in [0.29, 0.717) is 23.9 Å². The molecule has 0 saturated carbocycles. The number of ether oxygens (including phenoxy) is 1. The molecule has 0 aliphatic heterocycles. The molecule has 5 nitrogen and oxygen atoms in total. The Morgan fingerprint density at radius 1 is 1.50 bits per heavy atom. The topological polar surface area (TPSA) is 84.6 Å². The summed E-state index contributed by atoms with van der Waals surface area (Å²) in [6.07, 6.45) is -0.699. The third-order valence-electron chi connectivity index (χ3n) is 2.88. The van der Waals surface area contributed by atoms with Crippen molar-refractivity contribution >= 4 is 17.5 Å². The molecule has 0 spiro atoms. The number of hydrogen-bond donors (Lipinski definition) is 3. The normalized spacial score (nSPS) is 13.0. The largest absolute Gasteiger partial charge is 0.489 e. The van der Waals surface area contributed by atoms with E-state index in [1.807, 2.05) is 0 Å². The van der Waals surface area contributed by atoms with Crippen molar-refractivity contribution in [2.24, 2.45) is 11.1 Å². The Labute approximate surface area is 124 Å². The van der Waals surface area contributed by atoms with E-state index in [1.165, 1.54) is 0 Å². The van der Waals surface area contributed by atoms with E-state index < -0.39 is 11.5 Å². The van der Waals surface area contributed by atoms with Crippen molar-refractivity contribution in [2.45, 2.75) is 20.0 Å². The molecule has 1 aromatic rings. The molecule has 1 unspecified atom stereocenters. The molecule has 0 radical (unpaired) electrons. The van der Waals surface area contributed by atoms with Crippen LogP contribution >= 0.6 is 11.6 Å². The van der Waals surface area contributed by atoms with Crippen LogP contribution in [-0.2, 0) is 4.79 Å². The third-order valence-corrected chi connectivity index (χ3v) is 3.19. The van der Waals surface area contributed by atoms with Gasteiger partial charge in [0.05, 0.1) is 10.4 Å². The molecular weight excluding hydrogens is 280 g/mol. The van der Waals surface area contributed by atoms with Crippen LogP contribution in [0.5, 0.6) is 5.75 Å². The van der Waals surface area contributed by atoms with Gasteiger partial charge in [0.2, 0.25) is 5.91 Å². The minimum Gasteiger partial charge on any atom is -0.489 e. The van der Waals surface area contributed by atoms with Gasteiger partial charge in [-0.2, -0.15) is 0 Å². The smallest absolute Gasteiger partial charge is 0.224 e. The number of nitrogens with one attached hydrogen (secondary N) is 1. The Hall–Kier alpha value is -1.30. The van der Waals surface area contributed by atoms with Crippen molar-refractivity contribution in [3.63, 3.8) is 0 Å². The van der Waals surface area contributed by atoms with Gasteiger partial charge < -0.3 is 20.9 Å². The number of aliphatic hydroxyl groups excluding tert-OH is 1. The first-order valence-corrected chi connectivity index (χ1v) is 6.77. The molecule has 6 heteroatoms. The molecule has 4 N–H and O–H groups in total. The zero-order valence-corrected chi connectivity index (χ0v) is 12.5. The zero-order valence-electron chi connectivity index (χ0n) is 11.7. The Morgan fingerprint density at radius 3 is 2.75 bits per heavy atom. The fourth-order valence-corrected chi connectivity index (χ4v) is 1.64. The van der Waals surface area contributed by atoms with Gasteiger partial charge in [-0.15, -0.1) is 0 Å². The molecule has 0 heterocycles. The van der Waals surface area contributed by atoms with Gasteiger partial charge in [0, 0.05) is 13.1 Å². The van der Waals surface area contributed by atoms with Crippen LogP contribution in [0.1, 0.15) is 13.8 Å². The summed E-state index contributed by atoms with van der Waals surface area (Å²) in [5.41, 5.74) is 4.61. The van der Waals surface area contributed by atoms with Gasteiger partial charge in [-0.25, -0.2) is 0 Å². The lowest BCUT2D eigenvalue weighted by atomic mass is 9.93. The van der Waals surface area contributed by atoms with Gasteiger partial charge in [-0.1, -0.05) is 23.7 Å². The Morgan fingerprint density at radius 2 is 2.15 bits per heavy atom. The molecule has 1 atom stereocenters. The molecule has 0 aliphatic rings. The molecule has 1 amide bonds. The van der Waals surface area contributed by atoms with Crippen LogP contribution in [0.4, 0.5) is 0 Å². The number of amides is 1. The van der Waals surface area contributed by atoms with Crippen LogP contribution in [0.3, 0.4) is 0 Å². The first kappa shape index (κ1) is 16.8. The van der Waals surface area contributed by atoms with Crippen LogP contribution < -0.4 is 15.8 Å². The van der Waals surface area contributed by atoms with Crippen molar-refractivity contribution < 1.29 is 14.6 Å². The maximum absolute atomic E-state index is 11.1. The first-order valence-electron chi connectivity index (χ1n) is 6.39. The lowest BCUT2D eigenvalue weighted by Crippen LogP contribution is -2.43. The summed E-state index contributed by atoms with van der Waals surface area (Å²) in [5, 5.41) is 13.3. The van der Waals surface area contributed by atoms with Crippen molar-refractivity contribution in [1.82, 2.24) is 5.32 Å². The van der Waals surface area contributed by atoms with Crippen LogP contribution in [0, 0.1) is 5.41 Å². The highest BCUT2D eigenvalue weighted by Crippen LogP contribution is 2.23. The van der Waals surface area contributed by atoms with Gasteiger partial charge in [-0.3, -0.25) is 4.79 Å². The van der Waals surface area contributed by atoms with Crippen molar-refractivity contribution in [3.05, 3.63) is 29.3 Å². The second-order valence-electron chi connectivity index (χ2n) is 5.27. The molecule has 0 fully saturated rings. The van der Waals surface area contributed by atoms with E-state index in [9.17, 15) is 9.90 Å². The van der Waals surface area contributed by atoms with Gasteiger partial charge in [0.15, 0.2) is 0 Å². The highest BCUT2D eigenvalue weighted by Gasteiger charge is 2.24. The van der Waals surface area contributed by atoms with Crippen LogP contribution in [-0.4, -0.2) is 36.8 Å². The van der Waals surface area contributed by atoms with Crippen molar-refractivity contribution in [3.8, 4) is 5.75 Å². The number of carbonyl (C=O) groups is 1. The second kappa shape index (κ2) is 7.47. The van der Waals surface area contributed by atoms with E-state index in [1.54, 1.807) is 38.1 Å². The summed E-state index contributed by atoms with van der Waals surface area (Å²) >= 11 is 5.93. The van der Waals surface area contributed by atoms with E-state index in [2.05, 4.69) is 5.32 Å². The Balaban J connectivity index is 2.29. The number of para-hydroxylation sites is 1. The standard InChI is InChI=1S/C14H21ClN2O3/c1-14(2,13(16)19)9-17-7-10(18)8-20-12-6-4-3-5-11(12)15/h3-6,10,17-18H,7-9H2,1-2H3,(H2,16,19). The maximum atomic E-state index is 11.1. The summed E-state index contributed by atoms with van der Waals surface area (Å²) in [5.74, 6) is 0.150. The number of rotatable bonds is 8. The van der Waals surface area contributed by atoms with Crippen LogP contribution in [0.15, 0.2) is 24.3 Å². The fourth-order valence-electron chi connectivity index (χ4n) is 1.45. The summed E-state index contributed by atoms with van der Waals surface area (Å²) in [6, 6.07) is 7.07. The maximum Gasteiger partial charge on any atom is 0.224 e. The Bertz CT molecular complexity index is 452. The number of hydrogen-bond acceptors (Lipinski definition) is 4. The molecule has 0 saturated heterocycles. The molecule has 20 heavy (non-hydrogen) atoms. The van der Waals surface area contributed by atoms with Crippen LogP contribution in [0.2, 0.25) is 5.02 Å². The fraction of sp³-hybridized carbons (Fsp3) is 0.500.